The highest BCUT2D eigenvalue weighted by atomic mass is 35.5. The minimum absolute atomic E-state index is 0.0952. The van der Waals surface area contributed by atoms with E-state index in [4.69, 9.17) is 21.3 Å². The summed E-state index contributed by atoms with van der Waals surface area (Å²) in [6.45, 7) is 2.38. The third-order valence-electron chi connectivity index (χ3n) is 4.37. The molecule has 0 fully saturated rings. The molecule has 0 saturated carbocycles. The molecule has 146 valence electrons. The van der Waals surface area contributed by atoms with Crippen molar-refractivity contribution in [2.75, 3.05) is 11.9 Å². The Morgan fingerprint density at radius 2 is 1.83 bits per heavy atom. The summed E-state index contributed by atoms with van der Waals surface area (Å²) in [5, 5.41) is 4.52. The standard InChI is InChI=1S/C23H19ClN2O2S/c1-15-2-11-20-21(14-15)29-23(26-20)16-3-7-18(8-4-16)25-22(27)12-13-28-19-9-5-17(24)6-10-19/h2-11,14H,12-13H2,1H3,(H,25,27). The number of thiazole rings is 1. The number of benzene rings is 3. The molecule has 0 aliphatic heterocycles. The Morgan fingerprint density at radius 1 is 1.07 bits per heavy atom. The van der Waals surface area contributed by atoms with Crippen molar-refractivity contribution in [3.8, 4) is 16.3 Å². The van der Waals surface area contributed by atoms with E-state index in [1.807, 2.05) is 30.3 Å². The van der Waals surface area contributed by atoms with Gasteiger partial charge in [-0.05, 0) is 73.2 Å². The predicted molar refractivity (Wildman–Crippen MR) is 120 cm³/mol. The first-order chi connectivity index (χ1) is 14.1. The lowest BCUT2D eigenvalue weighted by atomic mass is 10.2. The summed E-state index contributed by atoms with van der Waals surface area (Å²) >= 11 is 7.51. The SMILES string of the molecule is Cc1ccc2nc(-c3ccc(NC(=O)CCOc4ccc(Cl)cc4)cc3)sc2c1. The molecular weight excluding hydrogens is 404 g/mol. The van der Waals surface area contributed by atoms with Gasteiger partial charge in [0, 0.05) is 16.3 Å². The normalized spacial score (nSPS) is 10.8. The van der Waals surface area contributed by atoms with Crippen molar-refractivity contribution in [3.05, 3.63) is 77.3 Å². The monoisotopic (exact) mass is 422 g/mol. The Hall–Kier alpha value is -2.89. The molecule has 0 radical (unpaired) electrons. The van der Waals surface area contributed by atoms with Crippen molar-refractivity contribution in [1.29, 1.82) is 0 Å². The van der Waals surface area contributed by atoms with Crippen LogP contribution in [0, 0.1) is 6.92 Å². The van der Waals surface area contributed by atoms with Gasteiger partial charge in [0.05, 0.1) is 23.2 Å². The fraction of sp³-hybridized carbons (Fsp3) is 0.130. The Morgan fingerprint density at radius 3 is 2.59 bits per heavy atom. The summed E-state index contributed by atoms with van der Waals surface area (Å²) in [5.74, 6) is 0.597. The molecular formula is C23H19ClN2O2S. The third-order valence-corrected chi connectivity index (χ3v) is 5.69. The third kappa shape index (κ3) is 4.94. The highest BCUT2D eigenvalue weighted by molar-refractivity contribution is 7.21. The number of ether oxygens (including phenoxy) is 1. The Labute approximate surface area is 178 Å². The molecule has 0 saturated heterocycles. The van der Waals surface area contributed by atoms with Crippen LogP contribution in [-0.4, -0.2) is 17.5 Å². The Kier molecular flexibility index (Phi) is 5.79. The van der Waals surface area contributed by atoms with Crippen LogP contribution in [0.3, 0.4) is 0 Å². The maximum absolute atomic E-state index is 12.1. The van der Waals surface area contributed by atoms with Crippen LogP contribution < -0.4 is 10.1 Å². The predicted octanol–water partition coefficient (Wildman–Crippen LogP) is 6.33. The van der Waals surface area contributed by atoms with Crippen LogP contribution in [0.2, 0.25) is 5.02 Å². The van der Waals surface area contributed by atoms with Gasteiger partial charge in [-0.3, -0.25) is 4.79 Å². The summed E-state index contributed by atoms with van der Waals surface area (Å²) in [4.78, 5) is 16.8. The van der Waals surface area contributed by atoms with Crippen molar-refractivity contribution < 1.29 is 9.53 Å². The van der Waals surface area contributed by atoms with E-state index in [9.17, 15) is 4.79 Å². The van der Waals surface area contributed by atoms with E-state index < -0.39 is 0 Å². The molecule has 1 heterocycles. The summed E-state index contributed by atoms with van der Waals surface area (Å²) in [5.41, 5.74) is 4.02. The van der Waals surface area contributed by atoms with Crippen LogP contribution in [0.15, 0.2) is 66.7 Å². The van der Waals surface area contributed by atoms with Gasteiger partial charge in [-0.1, -0.05) is 17.7 Å². The van der Waals surface area contributed by atoms with Crippen LogP contribution in [0.5, 0.6) is 5.75 Å². The molecule has 4 rings (SSSR count). The van der Waals surface area contributed by atoms with E-state index in [0.29, 0.717) is 17.4 Å². The molecule has 29 heavy (non-hydrogen) atoms. The van der Waals surface area contributed by atoms with E-state index in [1.54, 1.807) is 35.6 Å². The summed E-state index contributed by atoms with van der Waals surface area (Å²) < 4.78 is 6.74. The highest BCUT2D eigenvalue weighted by Gasteiger charge is 2.08. The number of rotatable bonds is 6. The zero-order chi connectivity index (χ0) is 20.2. The maximum atomic E-state index is 12.1. The first kappa shape index (κ1) is 19.4. The lowest BCUT2D eigenvalue weighted by molar-refractivity contribution is -0.116. The number of carbonyl (C=O) groups is 1. The molecule has 0 aliphatic rings. The summed E-state index contributed by atoms with van der Waals surface area (Å²) in [6.07, 6.45) is 0.265. The van der Waals surface area contributed by atoms with E-state index in [2.05, 4.69) is 24.4 Å². The molecule has 0 aliphatic carbocycles. The Bertz CT molecular complexity index is 1140. The van der Waals surface area contributed by atoms with Crippen molar-refractivity contribution >= 4 is 44.7 Å². The maximum Gasteiger partial charge on any atom is 0.227 e. The van der Waals surface area contributed by atoms with Crippen LogP contribution in [0.4, 0.5) is 5.69 Å². The zero-order valence-electron chi connectivity index (χ0n) is 15.8. The van der Waals surface area contributed by atoms with Crippen LogP contribution in [-0.2, 0) is 4.79 Å². The minimum atomic E-state index is -0.0952. The number of aromatic nitrogens is 1. The van der Waals surface area contributed by atoms with E-state index in [0.717, 1.165) is 21.8 Å². The molecule has 0 spiro atoms. The van der Waals surface area contributed by atoms with Gasteiger partial charge >= 0.3 is 0 Å². The zero-order valence-corrected chi connectivity index (χ0v) is 17.4. The van der Waals surface area contributed by atoms with Gasteiger partial charge in [0.1, 0.15) is 10.8 Å². The fourth-order valence-corrected chi connectivity index (χ4v) is 4.06. The molecule has 3 aromatic carbocycles. The molecule has 4 nitrogen and oxygen atoms in total. The van der Waals surface area contributed by atoms with E-state index in [-0.39, 0.29) is 12.3 Å². The lowest BCUT2D eigenvalue weighted by Crippen LogP contribution is -2.15. The second kappa shape index (κ2) is 8.64. The summed E-state index contributed by atoms with van der Waals surface area (Å²) in [7, 11) is 0. The first-order valence-electron chi connectivity index (χ1n) is 9.23. The smallest absolute Gasteiger partial charge is 0.227 e. The number of carbonyl (C=O) groups excluding carboxylic acids is 1. The summed E-state index contributed by atoms with van der Waals surface area (Å²) in [6, 6.07) is 21.1. The average Bonchev–Trinajstić information content (AvgIpc) is 3.13. The fourth-order valence-electron chi connectivity index (χ4n) is 2.87. The molecule has 1 amide bonds. The van der Waals surface area contributed by atoms with E-state index >= 15 is 0 Å². The first-order valence-corrected chi connectivity index (χ1v) is 10.4. The second-order valence-corrected chi connectivity index (χ2v) is 8.14. The van der Waals surface area contributed by atoms with Gasteiger partial charge in [-0.25, -0.2) is 4.98 Å². The van der Waals surface area contributed by atoms with Crippen molar-refractivity contribution in [1.82, 2.24) is 4.98 Å². The molecule has 0 unspecified atom stereocenters. The van der Waals surface area contributed by atoms with Crippen LogP contribution >= 0.6 is 22.9 Å². The number of aryl methyl sites for hydroxylation is 1. The van der Waals surface area contributed by atoms with Gasteiger partial charge in [0.25, 0.3) is 0 Å². The molecule has 1 N–H and O–H groups in total. The number of amides is 1. The number of anilines is 1. The van der Waals surface area contributed by atoms with Crippen molar-refractivity contribution in [2.45, 2.75) is 13.3 Å². The van der Waals surface area contributed by atoms with Gasteiger partial charge in [-0.2, -0.15) is 0 Å². The number of fused-ring (bicyclic) bond motifs is 1. The van der Waals surface area contributed by atoms with E-state index in [1.165, 1.54) is 10.3 Å². The lowest BCUT2D eigenvalue weighted by Gasteiger charge is -2.08. The van der Waals surface area contributed by atoms with Crippen molar-refractivity contribution in [2.24, 2.45) is 0 Å². The molecule has 1 aromatic heterocycles. The van der Waals surface area contributed by atoms with Gasteiger partial charge < -0.3 is 10.1 Å². The largest absolute Gasteiger partial charge is 0.493 e. The van der Waals surface area contributed by atoms with Gasteiger partial charge in [-0.15, -0.1) is 11.3 Å². The number of hydrogen-bond acceptors (Lipinski definition) is 4. The molecule has 0 atom stereocenters. The molecule has 6 heteroatoms. The quantitative estimate of drug-likeness (QED) is 0.394. The topological polar surface area (TPSA) is 51.2 Å². The number of nitrogens with one attached hydrogen (secondary N) is 1. The van der Waals surface area contributed by atoms with Crippen LogP contribution in [0.1, 0.15) is 12.0 Å². The molecule has 4 aromatic rings. The molecule has 0 bridgehead atoms. The average molecular weight is 423 g/mol. The number of halogens is 1. The van der Waals surface area contributed by atoms with Crippen molar-refractivity contribution in [3.63, 3.8) is 0 Å². The van der Waals surface area contributed by atoms with Gasteiger partial charge in [0.2, 0.25) is 5.91 Å². The van der Waals surface area contributed by atoms with Crippen LogP contribution in [0.25, 0.3) is 20.8 Å². The Balaban J connectivity index is 1.33. The number of hydrogen-bond donors (Lipinski definition) is 1. The number of nitrogens with zero attached hydrogens (tertiary/aromatic N) is 1. The second-order valence-electron chi connectivity index (χ2n) is 6.67. The minimum Gasteiger partial charge on any atom is -0.493 e. The van der Waals surface area contributed by atoms with Gasteiger partial charge in [0.15, 0.2) is 0 Å². The highest BCUT2D eigenvalue weighted by Crippen LogP contribution is 2.31.